The van der Waals surface area contributed by atoms with Crippen LogP contribution in [0.5, 0.6) is 5.75 Å². The van der Waals surface area contributed by atoms with Crippen LogP contribution < -0.4 is 4.74 Å². The van der Waals surface area contributed by atoms with Gasteiger partial charge in [0.1, 0.15) is 5.75 Å². The first-order valence-electron chi connectivity index (χ1n) is 8.60. The van der Waals surface area contributed by atoms with E-state index >= 15 is 0 Å². The van der Waals surface area contributed by atoms with E-state index < -0.39 is 23.3 Å². The molecule has 28 heavy (non-hydrogen) atoms. The highest BCUT2D eigenvalue weighted by Gasteiger charge is 2.15. The minimum absolute atomic E-state index is 0.0577. The number of hydrogen-bond donors (Lipinski definition) is 0. The Kier molecular flexibility index (Phi) is 7.38. The van der Waals surface area contributed by atoms with Gasteiger partial charge >= 0.3 is 5.97 Å². The number of hydrogen-bond acceptors (Lipinski definition) is 7. The summed E-state index contributed by atoms with van der Waals surface area (Å²) in [7, 11) is 0. The van der Waals surface area contributed by atoms with Crippen LogP contribution in [0.15, 0.2) is 48.5 Å². The third kappa shape index (κ3) is 6.01. The summed E-state index contributed by atoms with van der Waals surface area (Å²) in [6.45, 7) is 1.83. The summed E-state index contributed by atoms with van der Waals surface area (Å²) in [5.41, 5.74) is 0.300. The summed E-state index contributed by atoms with van der Waals surface area (Å²) in [6.07, 6.45) is -0.230. The third-order valence-electron chi connectivity index (χ3n) is 3.79. The number of ether oxygens (including phenoxy) is 2. The highest BCUT2D eigenvalue weighted by Crippen LogP contribution is 2.15. The van der Waals surface area contributed by atoms with Crippen molar-refractivity contribution in [2.75, 3.05) is 13.2 Å². The van der Waals surface area contributed by atoms with Crippen LogP contribution in [0, 0.1) is 10.1 Å². The van der Waals surface area contributed by atoms with Crippen molar-refractivity contribution in [1.29, 1.82) is 0 Å². The van der Waals surface area contributed by atoms with Crippen molar-refractivity contribution in [2.45, 2.75) is 19.8 Å². The number of Topliss-reactive ketones (excluding diaryl/α,β-unsaturated/α-hetero) is 2. The van der Waals surface area contributed by atoms with Gasteiger partial charge in [-0.25, -0.2) is 0 Å². The molecule has 0 amide bonds. The number of rotatable bonds is 10. The third-order valence-corrected chi connectivity index (χ3v) is 3.79. The van der Waals surface area contributed by atoms with E-state index in [2.05, 4.69) is 0 Å². The summed E-state index contributed by atoms with van der Waals surface area (Å²) in [5.74, 6) is -0.837. The number of benzene rings is 2. The van der Waals surface area contributed by atoms with Crippen molar-refractivity contribution in [1.82, 2.24) is 0 Å². The SMILES string of the molecule is CCOc1ccc(C(=O)CCC(=O)OCC(=O)c2cccc([N+](=O)[O-])c2)cc1. The van der Waals surface area contributed by atoms with E-state index in [1.165, 1.54) is 18.2 Å². The lowest BCUT2D eigenvalue weighted by Gasteiger charge is -2.06. The van der Waals surface area contributed by atoms with Gasteiger partial charge in [0.2, 0.25) is 5.78 Å². The van der Waals surface area contributed by atoms with Crippen molar-refractivity contribution >= 4 is 23.2 Å². The molecule has 0 spiro atoms. The maximum atomic E-state index is 12.1. The van der Waals surface area contributed by atoms with Crippen LogP contribution in [0.1, 0.15) is 40.5 Å². The summed E-state index contributed by atoms with van der Waals surface area (Å²) in [6, 6.07) is 11.7. The molecule has 0 aromatic heterocycles. The van der Waals surface area contributed by atoms with Gasteiger partial charge in [-0.1, -0.05) is 12.1 Å². The number of esters is 1. The zero-order valence-electron chi connectivity index (χ0n) is 15.3. The molecule has 0 radical (unpaired) electrons. The minimum atomic E-state index is -0.696. The lowest BCUT2D eigenvalue weighted by molar-refractivity contribution is -0.384. The lowest BCUT2D eigenvalue weighted by Crippen LogP contribution is -2.15. The van der Waals surface area contributed by atoms with Crippen LogP contribution >= 0.6 is 0 Å². The molecule has 2 aromatic rings. The first kappa shape index (κ1) is 20.8. The van der Waals surface area contributed by atoms with Crippen LogP contribution in [0.25, 0.3) is 0 Å². The fraction of sp³-hybridized carbons (Fsp3) is 0.250. The molecule has 0 heterocycles. The molecule has 0 bridgehead atoms. The second-order valence-corrected chi connectivity index (χ2v) is 5.77. The van der Waals surface area contributed by atoms with Gasteiger partial charge in [0.05, 0.1) is 18.0 Å². The van der Waals surface area contributed by atoms with Crippen molar-refractivity contribution in [3.05, 3.63) is 69.8 Å². The summed E-state index contributed by atoms with van der Waals surface area (Å²) >= 11 is 0. The standard InChI is InChI=1S/C20H19NO7/c1-2-27-17-8-6-14(7-9-17)18(22)10-11-20(24)28-13-19(23)15-4-3-5-16(12-15)21(25)26/h3-9,12H,2,10-11,13H2,1H3. The van der Waals surface area contributed by atoms with Crippen molar-refractivity contribution < 1.29 is 28.8 Å². The fourth-order valence-corrected chi connectivity index (χ4v) is 2.36. The van der Waals surface area contributed by atoms with Gasteiger partial charge in [0, 0.05) is 29.7 Å². The summed E-state index contributed by atoms with van der Waals surface area (Å²) < 4.78 is 10.2. The predicted octanol–water partition coefficient (Wildman–Crippen LogP) is 3.38. The van der Waals surface area contributed by atoms with Gasteiger partial charge in [0.25, 0.3) is 5.69 Å². The van der Waals surface area contributed by atoms with Gasteiger partial charge in [-0.2, -0.15) is 0 Å². The normalized spacial score (nSPS) is 10.2. The number of nitrogens with zero attached hydrogens (tertiary/aromatic N) is 1. The highest BCUT2D eigenvalue weighted by atomic mass is 16.6. The van der Waals surface area contributed by atoms with E-state index in [0.717, 1.165) is 6.07 Å². The van der Waals surface area contributed by atoms with E-state index in [9.17, 15) is 24.5 Å². The van der Waals surface area contributed by atoms with Gasteiger partial charge in [-0.15, -0.1) is 0 Å². The van der Waals surface area contributed by atoms with E-state index in [4.69, 9.17) is 9.47 Å². The molecule has 0 saturated heterocycles. The lowest BCUT2D eigenvalue weighted by atomic mass is 10.1. The fourth-order valence-electron chi connectivity index (χ4n) is 2.36. The number of nitro benzene ring substituents is 1. The molecule has 146 valence electrons. The quantitative estimate of drug-likeness (QED) is 0.267. The number of carbonyl (C=O) groups is 3. The molecule has 8 nitrogen and oxygen atoms in total. The Morgan fingerprint density at radius 3 is 2.32 bits per heavy atom. The van der Waals surface area contributed by atoms with E-state index in [0.29, 0.717) is 17.9 Å². The average Bonchev–Trinajstić information content (AvgIpc) is 2.71. The number of carbonyl (C=O) groups excluding carboxylic acids is 3. The maximum absolute atomic E-state index is 12.1. The Morgan fingerprint density at radius 1 is 0.964 bits per heavy atom. The molecule has 0 unspecified atom stereocenters. The number of nitro groups is 1. The molecule has 8 heteroatoms. The Morgan fingerprint density at radius 2 is 1.68 bits per heavy atom. The molecule has 0 aliphatic heterocycles. The first-order chi connectivity index (χ1) is 13.4. The molecule has 0 fully saturated rings. The van der Waals surface area contributed by atoms with Gasteiger partial charge < -0.3 is 9.47 Å². The number of non-ortho nitro benzene ring substituents is 1. The van der Waals surface area contributed by atoms with Crippen LogP contribution in [0.2, 0.25) is 0 Å². The molecule has 2 aromatic carbocycles. The highest BCUT2D eigenvalue weighted by molar-refractivity contribution is 5.99. The Hall–Kier alpha value is -3.55. The monoisotopic (exact) mass is 385 g/mol. The van der Waals surface area contributed by atoms with E-state index in [-0.39, 0.29) is 29.9 Å². The van der Waals surface area contributed by atoms with E-state index in [1.807, 2.05) is 6.92 Å². The first-order valence-corrected chi connectivity index (χ1v) is 8.60. The number of ketones is 2. The van der Waals surface area contributed by atoms with Gasteiger partial charge in [-0.3, -0.25) is 24.5 Å². The average molecular weight is 385 g/mol. The molecule has 2 rings (SSSR count). The van der Waals surface area contributed by atoms with Crippen LogP contribution in [0.4, 0.5) is 5.69 Å². The Labute approximate surface area is 161 Å². The van der Waals surface area contributed by atoms with Crippen LogP contribution in [-0.2, 0) is 9.53 Å². The molecular formula is C20H19NO7. The van der Waals surface area contributed by atoms with Crippen LogP contribution in [0.3, 0.4) is 0 Å². The van der Waals surface area contributed by atoms with Crippen molar-refractivity contribution in [3.63, 3.8) is 0 Å². The topological polar surface area (TPSA) is 113 Å². The van der Waals surface area contributed by atoms with Crippen molar-refractivity contribution in [3.8, 4) is 5.75 Å². The van der Waals surface area contributed by atoms with Gasteiger partial charge in [0.15, 0.2) is 12.4 Å². The Bertz CT molecular complexity index is 874. The zero-order valence-corrected chi connectivity index (χ0v) is 15.3. The minimum Gasteiger partial charge on any atom is -0.494 e. The van der Waals surface area contributed by atoms with Crippen LogP contribution in [-0.4, -0.2) is 35.7 Å². The second kappa shape index (κ2) is 9.96. The van der Waals surface area contributed by atoms with Gasteiger partial charge in [-0.05, 0) is 31.2 Å². The largest absolute Gasteiger partial charge is 0.494 e. The molecular weight excluding hydrogens is 366 g/mol. The molecule has 0 atom stereocenters. The predicted molar refractivity (Wildman–Crippen MR) is 99.6 cm³/mol. The summed E-state index contributed by atoms with van der Waals surface area (Å²) in [4.78, 5) is 46.0. The molecule has 0 saturated carbocycles. The van der Waals surface area contributed by atoms with E-state index in [1.54, 1.807) is 24.3 Å². The molecule has 0 aliphatic carbocycles. The smallest absolute Gasteiger partial charge is 0.306 e. The van der Waals surface area contributed by atoms with Crippen molar-refractivity contribution in [2.24, 2.45) is 0 Å². The Balaban J connectivity index is 1.80. The maximum Gasteiger partial charge on any atom is 0.306 e. The molecule has 0 aliphatic rings. The summed E-state index contributed by atoms with van der Waals surface area (Å²) in [5, 5.41) is 10.7. The molecule has 0 N–H and O–H groups in total. The second-order valence-electron chi connectivity index (χ2n) is 5.77. The zero-order chi connectivity index (χ0) is 20.5.